The Bertz CT molecular complexity index is 800. The molecule has 1 aliphatic rings. The van der Waals surface area contributed by atoms with Gasteiger partial charge in [0.15, 0.2) is 0 Å². The molecule has 0 radical (unpaired) electrons. The fourth-order valence-corrected chi connectivity index (χ4v) is 2.68. The van der Waals surface area contributed by atoms with Gasteiger partial charge in [0.05, 0.1) is 11.2 Å². The Kier molecular flexibility index (Phi) is 6.50. The fourth-order valence-electron chi connectivity index (χ4n) is 2.68. The summed E-state index contributed by atoms with van der Waals surface area (Å²) in [5.74, 6) is -1.33. The molecule has 1 amide bonds. The van der Waals surface area contributed by atoms with Crippen molar-refractivity contribution >= 4 is 19.3 Å². The molecule has 0 unspecified atom stereocenters. The van der Waals surface area contributed by atoms with Gasteiger partial charge in [0, 0.05) is 18.2 Å². The van der Waals surface area contributed by atoms with Gasteiger partial charge in [-0.2, -0.15) is 0 Å². The van der Waals surface area contributed by atoms with E-state index < -0.39 is 41.6 Å². The van der Waals surface area contributed by atoms with E-state index in [9.17, 15) is 13.6 Å². The first kappa shape index (κ1) is 23.4. The van der Waals surface area contributed by atoms with Crippen molar-refractivity contribution in [1.82, 2.24) is 5.32 Å². The molecule has 0 aliphatic carbocycles. The summed E-state index contributed by atoms with van der Waals surface area (Å²) in [5.41, 5.74) is -0.900. The Morgan fingerprint density at radius 2 is 1.69 bits per heavy atom. The molecule has 0 aromatic heterocycles. The molecule has 1 heterocycles. The van der Waals surface area contributed by atoms with Crippen molar-refractivity contribution < 1.29 is 27.6 Å². The zero-order valence-corrected chi connectivity index (χ0v) is 18.4. The van der Waals surface area contributed by atoms with Crippen molar-refractivity contribution in [2.45, 2.75) is 72.2 Å². The van der Waals surface area contributed by atoms with Gasteiger partial charge < -0.3 is 19.4 Å². The van der Waals surface area contributed by atoms with E-state index in [4.69, 9.17) is 14.0 Å². The van der Waals surface area contributed by atoms with Gasteiger partial charge in [0.1, 0.15) is 17.2 Å². The fraction of sp³-hybridized carbons (Fsp3) is 0.571. The molecule has 29 heavy (non-hydrogen) atoms. The quantitative estimate of drug-likeness (QED) is 0.725. The molecule has 1 aromatic rings. The van der Waals surface area contributed by atoms with E-state index in [1.54, 1.807) is 27.7 Å². The summed E-state index contributed by atoms with van der Waals surface area (Å²) >= 11 is 0. The molecular weight excluding hydrogens is 379 g/mol. The highest BCUT2D eigenvalue weighted by atomic mass is 19.1. The molecule has 0 bridgehead atoms. The molecule has 0 spiro atoms. The van der Waals surface area contributed by atoms with Gasteiger partial charge in [0.25, 0.3) is 0 Å². The third-order valence-corrected chi connectivity index (χ3v) is 5.01. The van der Waals surface area contributed by atoms with Gasteiger partial charge in [-0.25, -0.2) is 13.6 Å². The predicted molar refractivity (Wildman–Crippen MR) is 109 cm³/mol. The highest BCUT2D eigenvalue weighted by Crippen LogP contribution is 2.38. The van der Waals surface area contributed by atoms with E-state index in [1.165, 1.54) is 12.1 Å². The van der Waals surface area contributed by atoms with Crippen LogP contribution < -0.4 is 5.32 Å². The largest absolute Gasteiger partial charge is 0.492 e. The van der Waals surface area contributed by atoms with E-state index in [-0.39, 0.29) is 12.1 Å². The molecule has 8 heteroatoms. The van der Waals surface area contributed by atoms with Crippen molar-refractivity contribution in [3.05, 3.63) is 40.4 Å². The molecule has 0 atom stereocenters. The summed E-state index contributed by atoms with van der Waals surface area (Å²) in [7, 11) is -0.806. The summed E-state index contributed by atoms with van der Waals surface area (Å²) in [6.45, 7) is 14.4. The summed E-state index contributed by atoms with van der Waals surface area (Å²) < 4.78 is 45.3. The van der Waals surface area contributed by atoms with Crippen LogP contribution in [0.5, 0.6) is 0 Å². The third-order valence-electron chi connectivity index (χ3n) is 5.01. The topological polar surface area (TPSA) is 56.8 Å². The lowest BCUT2D eigenvalue weighted by Crippen LogP contribution is -2.41. The highest BCUT2D eigenvalue weighted by molar-refractivity contribution is 6.56. The number of carbonyl (C=O) groups excluding carboxylic acids is 1. The van der Waals surface area contributed by atoms with E-state index in [2.05, 4.69) is 5.32 Å². The van der Waals surface area contributed by atoms with Crippen LogP contribution in [-0.4, -0.2) is 36.6 Å². The zero-order chi connectivity index (χ0) is 22.2. The predicted octanol–water partition coefficient (Wildman–Crippen LogP) is 4.81. The number of halogens is 2. The Balaban J connectivity index is 2.34. The van der Waals surface area contributed by atoms with Crippen molar-refractivity contribution in [2.75, 3.05) is 6.54 Å². The van der Waals surface area contributed by atoms with E-state index in [1.807, 2.05) is 27.7 Å². The molecule has 160 valence electrons. The van der Waals surface area contributed by atoms with Gasteiger partial charge in [-0.05, 0) is 72.5 Å². The average molecular weight is 409 g/mol. The van der Waals surface area contributed by atoms with Crippen LogP contribution in [0, 0.1) is 18.6 Å². The summed E-state index contributed by atoms with van der Waals surface area (Å²) in [4.78, 5) is 12.1. The Morgan fingerprint density at radius 1 is 1.14 bits per heavy atom. The molecule has 1 aromatic carbocycles. The highest BCUT2D eigenvalue weighted by Gasteiger charge is 2.52. The van der Waals surface area contributed by atoms with Gasteiger partial charge in [0.2, 0.25) is 0 Å². The molecule has 1 saturated heterocycles. The Morgan fingerprint density at radius 3 is 2.21 bits per heavy atom. The van der Waals surface area contributed by atoms with Crippen LogP contribution in [0.15, 0.2) is 17.6 Å². The van der Waals surface area contributed by atoms with Gasteiger partial charge in [-0.15, -0.1) is 0 Å². The SMILES string of the molecule is Cc1cc(C=C(CNC(=O)OC(C)(C)C)B2OC(C)(C)C(C)(C)O2)c(F)cc1F. The molecule has 1 N–H and O–H groups in total. The molecule has 1 aliphatic heterocycles. The van der Waals surface area contributed by atoms with Crippen LogP contribution in [0.4, 0.5) is 13.6 Å². The lowest BCUT2D eigenvalue weighted by Gasteiger charge is -2.32. The first-order valence-corrected chi connectivity index (χ1v) is 9.60. The number of hydrogen-bond donors (Lipinski definition) is 1. The number of hydrogen-bond acceptors (Lipinski definition) is 4. The lowest BCUT2D eigenvalue weighted by molar-refractivity contribution is 0.00578. The second-order valence-corrected chi connectivity index (χ2v) is 9.29. The number of alkyl carbamates (subject to hydrolysis) is 1. The monoisotopic (exact) mass is 409 g/mol. The second kappa shape index (κ2) is 8.07. The van der Waals surface area contributed by atoms with Crippen LogP contribution >= 0.6 is 0 Å². The zero-order valence-electron chi connectivity index (χ0n) is 18.4. The number of ether oxygens (including phenoxy) is 1. The minimum absolute atomic E-state index is 0.0155. The maximum absolute atomic E-state index is 14.3. The second-order valence-electron chi connectivity index (χ2n) is 9.29. The number of benzene rings is 1. The van der Waals surface area contributed by atoms with Crippen molar-refractivity contribution in [3.8, 4) is 0 Å². The van der Waals surface area contributed by atoms with E-state index in [0.29, 0.717) is 11.0 Å². The summed E-state index contributed by atoms with van der Waals surface area (Å²) in [6, 6.07) is 2.24. The van der Waals surface area contributed by atoms with Crippen molar-refractivity contribution in [3.63, 3.8) is 0 Å². The van der Waals surface area contributed by atoms with Crippen molar-refractivity contribution in [1.29, 1.82) is 0 Å². The number of amides is 1. The maximum atomic E-state index is 14.3. The number of carbonyl (C=O) groups is 1. The Hall–Kier alpha value is -1.93. The molecule has 1 fully saturated rings. The normalized spacial score (nSPS) is 18.7. The number of aryl methyl sites for hydroxylation is 1. The standard InChI is InChI=1S/C21H30BF2NO4/c1-13-9-14(17(24)11-16(13)23)10-15(12-25-18(26)27-19(2,3)4)22-28-20(5,6)21(7,8)29-22/h9-11H,12H2,1-8H3,(H,25,26). The van der Waals surface area contributed by atoms with Crippen LogP contribution in [0.25, 0.3) is 6.08 Å². The first-order chi connectivity index (χ1) is 13.1. The summed E-state index contributed by atoms with van der Waals surface area (Å²) in [5, 5.41) is 2.65. The average Bonchev–Trinajstić information content (AvgIpc) is 2.74. The smallest absolute Gasteiger partial charge is 0.444 e. The maximum Gasteiger partial charge on any atom is 0.492 e. The van der Waals surface area contributed by atoms with Crippen LogP contribution in [0.2, 0.25) is 0 Å². The summed E-state index contributed by atoms with van der Waals surface area (Å²) in [6.07, 6.45) is 0.900. The number of nitrogens with one attached hydrogen (secondary N) is 1. The molecular formula is C21H30BF2NO4. The Labute approximate surface area is 171 Å². The lowest BCUT2D eigenvalue weighted by atomic mass is 9.77. The molecule has 0 saturated carbocycles. The first-order valence-electron chi connectivity index (χ1n) is 9.60. The minimum atomic E-state index is -0.806. The number of rotatable bonds is 4. The van der Waals surface area contributed by atoms with Crippen molar-refractivity contribution in [2.24, 2.45) is 0 Å². The molecule has 2 rings (SSSR count). The minimum Gasteiger partial charge on any atom is -0.444 e. The van der Waals surface area contributed by atoms with E-state index in [0.717, 1.165) is 6.07 Å². The van der Waals surface area contributed by atoms with Crippen LogP contribution in [0.1, 0.15) is 59.6 Å². The van der Waals surface area contributed by atoms with Gasteiger partial charge >= 0.3 is 13.2 Å². The van der Waals surface area contributed by atoms with Gasteiger partial charge in [-0.3, -0.25) is 0 Å². The van der Waals surface area contributed by atoms with Crippen LogP contribution in [-0.2, 0) is 14.0 Å². The van der Waals surface area contributed by atoms with Gasteiger partial charge in [-0.1, -0.05) is 6.08 Å². The molecule has 5 nitrogen and oxygen atoms in total. The van der Waals surface area contributed by atoms with E-state index >= 15 is 0 Å². The van der Waals surface area contributed by atoms with Crippen LogP contribution in [0.3, 0.4) is 0 Å². The third kappa shape index (κ3) is 5.79.